The summed E-state index contributed by atoms with van der Waals surface area (Å²) in [5.74, 6) is 0.715. The van der Waals surface area contributed by atoms with Crippen LogP contribution in [0, 0.1) is 5.92 Å². The van der Waals surface area contributed by atoms with Gasteiger partial charge >= 0.3 is 0 Å². The molecule has 6 heteroatoms. The Bertz CT molecular complexity index is 511. The molecular formula is C11H17N3O2S. The third-order valence-electron chi connectivity index (χ3n) is 3.31. The zero-order valence-corrected chi connectivity index (χ0v) is 10.8. The maximum absolute atomic E-state index is 12.3. The SMILES string of the molecule is CC(C1CC1)N(C)S(=O)(=O)c1ccnc(N)c1. The molecule has 1 heterocycles. The van der Waals surface area contributed by atoms with Gasteiger partial charge in [0, 0.05) is 25.4 Å². The second-order valence-electron chi connectivity index (χ2n) is 4.52. The molecule has 2 rings (SSSR count). The molecule has 0 bridgehead atoms. The molecule has 1 saturated carbocycles. The molecule has 0 saturated heterocycles. The van der Waals surface area contributed by atoms with E-state index in [0.29, 0.717) is 5.92 Å². The Hall–Kier alpha value is -1.14. The number of aromatic nitrogens is 1. The fourth-order valence-electron chi connectivity index (χ4n) is 1.85. The fraction of sp³-hybridized carbons (Fsp3) is 0.545. The molecule has 0 amide bonds. The van der Waals surface area contributed by atoms with Gasteiger partial charge in [-0.2, -0.15) is 4.31 Å². The number of nitrogens with zero attached hydrogens (tertiary/aromatic N) is 2. The molecule has 17 heavy (non-hydrogen) atoms. The van der Waals surface area contributed by atoms with E-state index in [4.69, 9.17) is 5.73 Å². The van der Waals surface area contributed by atoms with Gasteiger partial charge in [-0.1, -0.05) is 0 Å². The molecule has 1 aromatic rings. The number of nitrogens with two attached hydrogens (primary N) is 1. The molecule has 0 aromatic carbocycles. The van der Waals surface area contributed by atoms with E-state index in [2.05, 4.69) is 4.98 Å². The first-order valence-corrected chi connectivity index (χ1v) is 7.06. The first-order chi connectivity index (χ1) is 7.93. The zero-order valence-electron chi connectivity index (χ0n) is 10.00. The quantitative estimate of drug-likeness (QED) is 0.873. The van der Waals surface area contributed by atoms with E-state index in [1.807, 2.05) is 6.92 Å². The van der Waals surface area contributed by atoms with Crippen molar-refractivity contribution >= 4 is 15.8 Å². The van der Waals surface area contributed by atoms with Gasteiger partial charge in [0.25, 0.3) is 0 Å². The van der Waals surface area contributed by atoms with Crippen molar-refractivity contribution in [3.63, 3.8) is 0 Å². The van der Waals surface area contributed by atoms with Crippen molar-refractivity contribution in [2.45, 2.75) is 30.7 Å². The Morgan fingerprint density at radius 3 is 2.71 bits per heavy atom. The van der Waals surface area contributed by atoms with E-state index in [1.165, 1.54) is 22.6 Å². The standard InChI is InChI=1S/C11H17N3O2S/c1-8(9-3-4-9)14(2)17(15,16)10-5-6-13-11(12)7-10/h5-9H,3-4H2,1-2H3,(H2,12,13). The number of sulfonamides is 1. The summed E-state index contributed by atoms with van der Waals surface area (Å²) in [5, 5.41) is 0. The molecule has 2 N–H and O–H groups in total. The number of anilines is 1. The van der Waals surface area contributed by atoms with Crippen LogP contribution in [0.25, 0.3) is 0 Å². The lowest BCUT2D eigenvalue weighted by molar-refractivity contribution is 0.357. The summed E-state index contributed by atoms with van der Waals surface area (Å²) in [6.45, 7) is 1.94. The molecule has 1 aliphatic carbocycles. The average molecular weight is 255 g/mol. The highest BCUT2D eigenvalue weighted by Gasteiger charge is 2.36. The van der Waals surface area contributed by atoms with Crippen LogP contribution in [0.2, 0.25) is 0 Å². The first-order valence-electron chi connectivity index (χ1n) is 5.62. The van der Waals surface area contributed by atoms with Crippen molar-refractivity contribution in [1.82, 2.24) is 9.29 Å². The van der Waals surface area contributed by atoms with Crippen LogP contribution in [-0.2, 0) is 10.0 Å². The van der Waals surface area contributed by atoms with Gasteiger partial charge in [0.15, 0.2) is 0 Å². The lowest BCUT2D eigenvalue weighted by Gasteiger charge is -2.24. The Balaban J connectivity index is 2.29. The van der Waals surface area contributed by atoms with Crippen LogP contribution in [0.5, 0.6) is 0 Å². The molecule has 1 atom stereocenters. The Labute approximate surface area is 102 Å². The second-order valence-corrected chi connectivity index (χ2v) is 6.51. The zero-order chi connectivity index (χ0) is 12.6. The molecule has 0 radical (unpaired) electrons. The van der Waals surface area contributed by atoms with Crippen molar-refractivity contribution in [2.24, 2.45) is 5.92 Å². The van der Waals surface area contributed by atoms with Crippen LogP contribution in [0.15, 0.2) is 23.2 Å². The summed E-state index contributed by atoms with van der Waals surface area (Å²) in [4.78, 5) is 4.01. The second kappa shape index (κ2) is 4.27. The highest BCUT2D eigenvalue weighted by Crippen LogP contribution is 2.36. The Morgan fingerprint density at radius 2 is 2.18 bits per heavy atom. The molecular weight excluding hydrogens is 238 g/mol. The van der Waals surface area contributed by atoms with Crippen molar-refractivity contribution in [2.75, 3.05) is 12.8 Å². The van der Waals surface area contributed by atoms with Gasteiger partial charge < -0.3 is 5.73 Å². The maximum Gasteiger partial charge on any atom is 0.243 e. The third-order valence-corrected chi connectivity index (χ3v) is 5.25. The average Bonchev–Trinajstić information content (AvgIpc) is 3.11. The molecule has 5 nitrogen and oxygen atoms in total. The topological polar surface area (TPSA) is 76.3 Å². The normalized spacial score (nSPS) is 18.3. The number of hydrogen-bond acceptors (Lipinski definition) is 4. The largest absolute Gasteiger partial charge is 0.384 e. The van der Waals surface area contributed by atoms with Crippen molar-refractivity contribution in [1.29, 1.82) is 0 Å². The van der Waals surface area contributed by atoms with Gasteiger partial charge in [-0.15, -0.1) is 0 Å². The highest BCUT2D eigenvalue weighted by atomic mass is 32.2. The van der Waals surface area contributed by atoms with E-state index in [1.54, 1.807) is 7.05 Å². The number of hydrogen-bond donors (Lipinski definition) is 1. The van der Waals surface area contributed by atoms with Gasteiger partial charge in [-0.3, -0.25) is 0 Å². The van der Waals surface area contributed by atoms with Crippen LogP contribution in [0.3, 0.4) is 0 Å². The predicted molar refractivity (Wildman–Crippen MR) is 65.8 cm³/mol. The van der Waals surface area contributed by atoms with Gasteiger partial charge in [0.05, 0.1) is 4.90 Å². The van der Waals surface area contributed by atoms with E-state index in [9.17, 15) is 8.42 Å². The molecule has 1 unspecified atom stereocenters. The minimum absolute atomic E-state index is 0.0365. The predicted octanol–water partition coefficient (Wildman–Crippen LogP) is 1.08. The Kier molecular flexibility index (Phi) is 3.09. The van der Waals surface area contributed by atoms with E-state index in [0.717, 1.165) is 12.8 Å². The summed E-state index contributed by atoms with van der Waals surface area (Å²) in [5.41, 5.74) is 5.51. The van der Waals surface area contributed by atoms with E-state index >= 15 is 0 Å². The minimum Gasteiger partial charge on any atom is -0.384 e. The highest BCUT2D eigenvalue weighted by molar-refractivity contribution is 7.89. The van der Waals surface area contributed by atoms with Crippen molar-refractivity contribution in [3.05, 3.63) is 18.3 Å². The molecule has 1 aliphatic rings. The Morgan fingerprint density at radius 1 is 1.53 bits per heavy atom. The number of rotatable bonds is 4. The van der Waals surface area contributed by atoms with Crippen LogP contribution in [-0.4, -0.2) is 30.8 Å². The van der Waals surface area contributed by atoms with Crippen LogP contribution < -0.4 is 5.73 Å². The fourth-order valence-corrected chi connectivity index (χ4v) is 3.29. The smallest absolute Gasteiger partial charge is 0.243 e. The van der Waals surface area contributed by atoms with Crippen LogP contribution in [0.4, 0.5) is 5.82 Å². The first kappa shape index (κ1) is 12.3. The summed E-state index contributed by atoms with van der Waals surface area (Å²) in [7, 11) is -1.83. The molecule has 1 aromatic heterocycles. The number of nitrogen functional groups attached to an aromatic ring is 1. The lowest BCUT2D eigenvalue weighted by Crippen LogP contribution is -2.36. The summed E-state index contributed by atoms with van der Waals surface area (Å²) in [6, 6.07) is 2.90. The molecule has 0 spiro atoms. The van der Waals surface area contributed by atoms with Gasteiger partial charge in [-0.05, 0) is 31.7 Å². The summed E-state index contributed by atoms with van der Waals surface area (Å²) in [6.07, 6.45) is 3.64. The molecule has 1 fully saturated rings. The summed E-state index contributed by atoms with van der Waals surface area (Å²) < 4.78 is 26.0. The van der Waals surface area contributed by atoms with E-state index in [-0.39, 0.29) is 16.8 Å². The van der Waals surface area contributed by atoms with E-state index < -0.39 is 10.0 Å². The lowest BCUT2D eigenvalue weighted by atomic mass is 10.2. The van der Waals surface area contributed by atoms with Crippen molar-refractivity contribution < 1.29 is 8.42 Å². The minimum atomic E-state index is -3.45. The molecule has 94 valence electrons. The van der Waals surface area contributed by atoms with Crippen LogP contribution in [0.1, 0.15) is 19.8 Å². The summed E-state index contributed by atoms with van der Waals surface area (Å²) >= 11 is 0. The van der Waals surface area contributed by atoms with Crippen molar-refractivity contribution in [3.8, 4) is 0 Å². The van der Waals surface area contributed by atoms with Crippen LogP contribution >= 0.6 is 0 Å². The van der Waals surface area contributed by atoms with Gasteiger partial charge in [0.1, 0.15) is 5.82 Å². The third kappa shape index (κ3) is 2.42. The van der Waals surface area contributed by atoms with Gasteiger partial charge in [-0.25, -0.2) is 13.4 Å². The number of pyridine rings is 1. The maximum atomic E-state index is 12.3. The monoisotopic (exact) mass is 255 g/mol. The van der Waals surface area contributed by atoms with Gasteiger partial charge in [0.2, 0.25) is 10.0 Å². The molecule has 0 aliphatic heterocycles.